The third-order valence-electron chi connectivity index (χ3n) is 6.23. The van der Waals surface area contributed by atoms with E-state index in [1.54, 1.807) is 37.6 Å². The van der Waals surface area contributed by atoms with Crippen LogP contribution in [0.15, 0.2) is 46.8 Å². The summed E-state index contributed by atoms with van der Waals surface area (Å²) in [7, 11) is 0.334. The molecule has 1 amide bonds. The fraction of sp³-hybridized carbons (Fsp3) is 0.448. The molecule has 0 radical (unpaired) electrons. The van der Waals surface area contributed by atoms with Crippen molar-refractivity contribution in [1.29, 1.82) is 0 Å². The molecule has 230 valence electrons. The minimum atomic E-state index is -4.35. The van der Waals surface area contributed by atoms with Gasteiger partial charge in [0.2, 0.25) is 0 Å². The Bertz CT molecular complexity index is 1460. The molecule has 0 fully saturated rings. The molecule has 0 spiro atoms. The van der Waals surface area contributed by atoms with Crippen LogP contribution in [-0.4, -0.2) is 64.4 Å². The van der Waals surface area contributed by atoms with Crippen molar-refractivity contribution in [3.8, 4) is 11.5 Å². The third kappa shape index (κ3) is 8.48. The minimum Gasteiger partial charge on any atom is -0.497 e. The Morgan fingerprint density at radius 1 is 1.12 bits per heavy atom. The van der Waals surface area contributed by atoms with Gasteiger partial charge in [0.15, 0.2) is 5.13 Å². The number of benzene rings is 2. The quantitative estimate of drug-likeness (QED) is 0.229. The molecule has 0 aliphatic heterocycles. The summed E-state index contributed by atoms with van der Waals surface area (Å²) in [5.41, 5.74) is 1.06. The van der Waals surface area contributed by atoms with Crippen LogP contribution in [-0.2, 0) is 21.3 Å². The Hall–Kier alpha value is -3.58. The first-order valence-corrected chi connectivity index (χ1v) is 15.7. The number of nitrogens with one attached hydrogen (secondary N) is 1. The highest BCUT2D eigenvalue weighted by molar-refractivity contribution is 7.93. The van der Waals surface area contributed by atoms with E-state index in [-0.39, 0.29) is 17.8 Å². The highest BCUT2D eigenvalue weighted by atomic mass is 32.2. The van der Waals surface area contributed by atoms with Gasteiger partial charge in [-0.05, 0) is 70.4 Å². The maximum atomic E-state index is 15.5. The molecule has 0 atom stereocenters. The number of amides is 1. The van der Waals surface area contributed by atoms with E-state index in [0.717, 1.165) is 15.6 Å². The summed E-state index contributed by atoms with van der Waals surface area (Å²) in [6.45, 7) is 8.06. The number of rotatable bonds is 13. The number of unbranched alkanes of at least 4 members (excludes halogenated alkanes) is 1. The lowest BCUT2D eigenvalue weighted by molar-refractivity contribution is 0.0296. The van der Waals surface area contributed by atoms with Gasteiger partial charge in [-0.2, -0.15) is 0 Å². The van der Waals surface area contributed by atoms with Crippen molar-refractivity contribution in [1.82, 2.24) is 9.88 Å². The molecule has 0 saturated heterocycles. The van der Waals surface area contributed by atoms with Crippen LogP contribution in [0.2, 0.25) is 0 Å². The van der Waals surface area contributed by atoms with Crippen LogP contribution in [0.1, 0.15) is 44.7 Å². The summed E-state index contributed by atoms with van der Waals surface area (Å²) in [5, 5.41) is 5.03. The first-order chi connectivity index (χ1) is 19.8. The number of hydrogen-bond acceptors (Lipinski definition) is 9. The summed E-state index contributed by atoms with van der Waals surface area (Å²) in [6.07, 6.45) is 2.51. The van der Waals surface area contributed by atoms with Crippen LogP contribution >= 0.6 is 11.3 Å². The molecule has 0 aliphatic rings. The number of anilines is 2. The molecule has 0 aliphatic carbocycles. The van der Waals surface area contributed by atoms with E-state index in [2.05, 4.69) is 10.3 Å². The van der Waals surface area contributed by atoms with Crippen LogP contribution < -0.4 is 19.1 Å². The number of ether oxygens (including phenoxy) is 3. The Labute approximate surface area is 251 Å². The predicted octanol–water partition coefficient (Wildman–Crippen LogP) is 6.06. The molecule has 3 rings (SSSR count). The lowest BCUT2D eigenvalue weighted by atomic mass is 10.2. The number of methoxy groups -OCH3 is 2. The Morgan fingerprint density at radius 3 is 2.48 bits per heavy atom. The molecule has 1 heterocycles. The Balaban J connectivity index is 1.74. The number of carbonyl (C=O) groups excluding carboxylic acids is 1. The van der Waals surface area contributed by atoms with Gasteiger partial charge in [-0.1, -0.05) is 0 Å². The van der Waals surface area contributed by atoms with Gasteiger partial charge in [0.05, 0.1) is 20.8 Å². The summed E-state index contributed by atoms with van der Waals surface area (Å²) < 4.78 is 60.3. The average molecular weight is 623 g/mol. The van der Waals surface area contributed by atoms with E-state index >= 15 is 4.39 Å². The smallest absolute Gasteiger partial charge is 0.410 e. The fourth-order valence-corrected chi connectivity index (χ4v) is 6.42. The van der Waals surface area contributed by atoms with Crippen LogP contribution in [0.25, 0.3) is 0 Å². The summed E-state index contributed by atoms with van der Waals surface area (Å²) in [5.74, 6) is 0.106. The van der Waals surface area contributed by atoms with Crippen LogP contribution in [0.5, 0.6) is 11.5 Å². The Kier molecular flexibility index (Phi) is 11.0. The maximum absolute atomic E-state index is 15.5. The number of aryl methyl sites for hydroxylation is 1. The molecule has 0 saturated carbocycles. The van der Waals surface area contributed by atoms with Crippen molar-refractivity contribution in [2.45, 2.75) is 57.6 Å². The number of carbonyl (C=O) groups is 1. The van der Waals surface area contributed by atoms with E-state index < -0.39 is 26.3 Å². The van der Waals surface area contributed by atoms with E-state index in [1.807, 2.05) is 20.8 Å². The number of aromatic nitrogens is 1. The Morgan fingerprint density at radius 2 is 1.86 bits per heavy atom. The normalized spacial score (nSPS) is 11.6. The number of thiazole rings is 1. The predicted molar refractivity (Wildman–Crippen MR) is 163 cm³/mol. The van der Waals surface area contributed by atoms with Crippen molar-refractivity contribution in [2.24, 2.45) is 0 Å². The summed E-state index contributed by atoms with van der Waals surface area (Å²) in [4.78, 5) is 17.4. The van der Waals surface area contributed by atoms with Crippen LogP contribution in [0, 0.1) is 12.7 Å². The largest absolute Gasteiger partial charge is 0.497 e. The number of hydrogen-bond donors (Lipinski definition) is 1. The zero-order chi connectivity index (χ0) is 31.1. The van der Waals surface area contributed by atoms with E-state index in [4.69, 9.17) is 14.2 Å². The molecule has 10 nitrogen and oxygen atoms in total. The monoisotopic (exact) mass is 622 g/mol. The molecule has 0 unspecified atom stereocenters. The molecular formula is C29H39FN4O6S2. The highest BCUT2D eigenvalue weighted by Gasteiger charge is 2.31. The summed E-state index contributed by atoms with van der Waals surface area (Å²) >= 11 is 1.13. The van der Waals surface area contributed by atoms with E-state index in [9.17, 15) is 13.2 Å². The van der Waals surface area contributed by atoms with Gasteiger partial charge < -0.3 is 24.4 Å². The second-order valence-electron chi connectivity index (χ2n) is 10.6. The van der Waals surface area contributed by atoms with Gasteiger partial charge in [-0.25, -0.2) is 26.9 Å². The second kappa shape index (κ2) is 14.1. The van der Waals surface area contributed by atoms with Crippen molar-refractivity contribution in [2.75, 3.05) is 44.0 Å². The van der Waals surface area contributed by atoms with E-state index in [1.165, 1.54) is 37.4 Å². The zero-order valence-corrected chi connectivity index (χ0v) is 26.7. The average Bonchev–Trinajstić information content (AvgIpc) is 3.46. The van der Waals surface area contributed by atoms with Gasteiger partial charge in [0, 0.05) is 49.0 Å². The first-order valence-electron chi connectivity index (χ1n) is 13.4. The molecule has 3 aromatic rings. The minimum absolute atomic E-state index is 0.126. The van der Waals surface area contributed by atoms with Crippen molar-refractivity contribution >= 4 is 38.3 Å². The zero-order valence-electron chi connectivity index (χ0n) is 25.1. The molecule has 42 heavy (non-hydrogen) atoms. The number of sulfonamides is 1. The fourth-order valence-electron chi connectivity index (χ4n) is 4.02. The lowest BCUT2D eigenvalue weighted by Crippen LogP contribution is -2.34. The summed E-state index contributed by atoms with van der Waals surface area (Å²) in [6, 6.07) is 7.58. The molecule has 2 aromatic carbocycles. The van der Waals surface area contributed by atoms with Crippen molar-refractivity contribution in [3.05, 3.63) is 58.9 Å². The van der Waals surface area contributed by atoms with Gasteiger partial charge in [-0.15, -0.1) is 11.3 Å². The van der Waals surface area contributed by atoms with Crippen molar-refractivity contribution < 1.29 is 31.8 Å². The number of halogens is 1. The lowest BCUT2D eigenvalue weighted by Gasteiger charge is -2.24. The highest BCUT2D eigenvalue weighted by Crippen LogP contribution is 2.34. The van der Waals surface area contributed by atoms with Gasteiger partial charge in [0.25, 0.3) is 10.0 Å². The van der Waals surface area contributed by atoms with Gasteiger partial charge in [0.1, 0.15) is 27.8 Å². The molecule has 13 heteroatoms. The molecular weight excluding hydrogens is 583 g/mol. The molecule has 1 aromatic heterocycles. The van der Waals surface area contributed by atoms with Crippen LogP contribution in [0.4, 0.5) is 20.0 Å². The van der Waals surface area contributed by atoms with Crippen molar-refractivity contribution in [3.63, 3.8) is 0 Å². The number of nitrogens with zero attached hydrogens (tertiary/aromatic N) is 3. The SMILES string of the molecule is COc1ccc(CN(c2nccs2)S(=O)(=O)c2cc(C)c(NCCCCN(C)C(=O)OC(C)(C)C)cc2F)c(OC)c1. The second-order valence-corrected chi connectivity index (χ2v) is 13.3. The van der Waals surface area contributed by atoms with Crippen LogP contribution in [0.3, 0.4) is 0 Å². The maximum Gasteiger partial charge on any atom is 0.410 e. The van der Waals surface area contributed by atoms with Gasteiger partial charge in [-0.3, -0.25) is 0 Å². The topological polar surface area (TPSA) is 110 Å². The third-order valence-corrected chi connectivity index (χ3v) is 8.89. The molecule has 1 N–H and O–H groups in total. The standard InChI is InChI=1S/C29H39FN4O6S2/c1-20-16-26(23(30)18-24(20)31-12-8-9-14-33(5)28(35)40-29(2,3)4)42(36,37)34(27-32-13-15-41-27)19-21-10-11-22(38-6)17-25(21)39-7/h10-11,13,15-18,31H,8-9,12,14,19H2,1-7H3. The van der Waals surface area contributed by atoms with E-state index in [0.29, 0.717) is 54.2 Å². The first kappa shape index (κ1) is 32.9. The van der Waals surface area contributed by atoms with Gasteiger partial charge >= 0.3 is 6.09 Å². The molecule has 0 bridgehead atoms.